The minimum atomic E-state index is -0.653. The Morgan fingerprint density at radius 1 is 1.22 bits per heavy atom. The lowest BCUT2D eigenvalue weighted by Gasteiger charge is -2.03. The van der Waals surface area contributed by atoms with E-state index in [1.165, 1.54) is 30.1 Å². The third-order valence-electron chi connectivity index (χ3n) is 3.28. The van der Waals surface area contributed by atoms with E-state index in [0.717, 1.165) is 5.56 Å². The van der Waals surface area contributed by atoms with E-state index in [1.54, 1.807) is 30.6 Å². The third kappa shape index (κ3) is 5.22. The number of aromatic nitrogens is 2. The molecule has 27 heavy (non-hydrogen) atoms. The summed E-state index contributed by atoms with van der Waals surface area (Å²) in [6.45, 7) is 0. The van der Waals surface area contributed by atoms with E-state index < -0.39 is 16.7 Å². The van der Waals surface area contributed by atoms with Crippen LogP contribution >= 0.6 is 11.8 Å². The quantitative estimate of drug-likeness (QED) is 0.219. The molecule has 136 valence electrons. The second kappa shape index (κ2) is 8.72. The molecule has 0 saturated heterocycles. The summed E-state index contributed by atoms with van der Waals surface area (Å²) < 4.78 is 4.90. The SMILES string of the molecule is O=C(N/N=C\c1ccc([N+](=O)[O-])o1)c1ccc(CSc2ncccn2)cc1. The first kappa shape index (κ1) is 18.3. The lowest BCUT2D eigenvalue weighted by molar-refractivity contribution is -0.402. The van der Waals surface area contributed by atoms with Crippen molar-refractivity contribution in [3.63, 3.8) is 0 Å². The van der Waals surface area contributed by atoms with Crippen molar-refractivity contribution in [1.29, 1.82) is 0 Å². The number of nitro groups is 1. The fourth-order valence-corrected chi connectivity index (χ4v) is 2.75. The van der Waals surface area contributed by atoms with E-state index in [-0.39, 0.29) is 5.76 Å². The minimum absolute atomic E-state index is 0.164. The monoisotopic (exact) mass is 383 g/mol. The Morgan fingerprint density at radius 3 is 2.63 bits per heavy atom. The van der Waals surface area contributed by atoms with Gasteiger partial charge in [0.05, 0.1) is 12.3 Å². The number of furan rings is 1. The van der Waals surface area contributed by atoms with Crippen LogP contribution in [-0.2, 0) is 5.75 Å². The summed E-state index contributed by atoms with van der Waals surface area (Å²) in [4.78, 5) is 30.2. The van der Waals surface area contributed by atoms with Gasteiger partial charge in [0.2, 0.25) is 0 Å². The van der Waals surface area contributed by atoms with Gasteiger partial charge in [0.1, 0.15) is 4.92 Å². The molecule has 0 fully saturated rings. The van der Waals surface area contributed by atoms with Crippen LogP contribution in [0.3, 0.4) is 0 Å². The van der Waals surface area contributed by atoms with E-state index >= 15 is 0 Å². The number of thioether (sulfide) groups is 1. The molecule has 0 radical (unpaired) electrons. The fraction of sp³-hybridized carbons (Fsp3) is 0.0588. The van der Waals surface area contributed by atoms with E-state index in [0.29, 0.717) is 16.5 Å². The van der Waals surface area contributed by atoms with Crippen molar-refractivity contribution in [2.75, 3.05) is 0 Å². The largest absolute Gasteiger partial charge is 0.433 e. The van der Waals surface area contributed by atoms with Gasteiger partial charge in [-0.3, -0.25) is 14.9 Å². The molecule has 0 atom stereocenters. The van der Waals surface area contributed by atoms with Gasteiger partial charge < -0.3 is 4.42 Å². The maximum atomic E-state index is 12.1. The summed E-state index contributed by atoms with van der Waals surface area (Å²) in [7, 11) is 0. The van der Waals surface area contributed by atoms with Gasteiger partial charge in [-0.05, 0) is 29.8 Å². The van der Waals surface area contributed by atoms with Crippen molar-refractivity contribution in [3.8, 4) is 0 Å². The Bertz CT molecular complexity index is 957. The standard InChI is InChI=1S/C17H13N5O4S/c23-16(21-20-10-14-6-7-15(26-14)22(24)25)13-4-2-12(3-5-13)11-27-17-18-8-1-9-19-17/h1-10H,11H2,(H,21,23)/b20-10-. The molecule has 2 aromatic heterocycles. The first-order valence-electron chi connectivity index (χ1n) is 7.68. The van der Waals surface area contributed by atoms with Gasteiger partial charge in [-0.15, -0.1) is 0 Å². The third-order valence-corrected chi connectivity index (χ3v) is 4.22. The highest BCUT2D eigenvalue weighted by Crippen LogP contribution is 2.18. The highest BCUT2D eigenvalue weighted by atomic mass is 32.2. The van der Waals surface area contributed by atoms with E-state index in [9.17, 15) is 14.9 Å². The topological polar surface area (TPSA) is 124 Å². The molecule has 0 bridgehead atoms. The molecule has 0 aliphatic heterocycles. The van der Waals surface area contributed by atoms with Crippen molar-refractivity contribution < 1.29 is 14.1 Å². The number of nitrogens with one attached hydrogen (secondary N) is 1. The second-order valence-corrected chi connectivity index (χ2v) is 6.09. The number of amides is 1. The molecule has 3 rings (SSSR count). The Labute approximate surface area is 157 Å². The zero-order valence-electron chi connectivity index (χ0n) is 13.8. The number of hydrazone groups is 1. The van der Waals surface area contributed by atoms with Gasteiger partial charge in [-0.2, -0.15) is 5.10 Å². The van der Waals surface area contributed by atoms with Crippen LogP contribution in [0, 0.1) is 10.1 Å². The minimum Gasteiger partial charge on any atom is -0.400 e. The zero-order valence-corrected chi connectivity index (χ0v) is 14.6. The number of rotatable bonds is 7. The number of hydrogen-bond acceptors (Lipinski definition) is 8. The van der Waals surface area contributed by atoms with E-state index in [1.807, 2.05) is 12.1 Å². The molecule has 10 heteroatoms. The van der Waals surface area contributed by atoms with Crippen LogP contribution in [0.1, 0.15) is 21.7 Å². The van der Waals surface area contributed by atoms with Crippen molar-refractivity contribution in [2.24, 2.45) is 5.10 Å². The molecular formula is C17H13N5O4S. The smallest absolute Gasteiger partial charge is 0.400 e. The number of carbonyl (C=O) groups excluding carboxylic acids is 1. The fourth-order valence-electron chi connectivity index (χ4n) is 1.99. The van der Waals surface area contributed by atoms with Gasteiger partial charge in [-0.25, -0.2) is 15.4 Å². The average molecular weight is 383 g/mol. The summed E-state index contributed by atoms with van der Waals surface area (Å²) in [6, 6.07) is 11.4. The first-order chi connectivity index (χ1) is 13.1. The molecule has 0 saturated carbocycles. The van der Waals surface area contributed by atoms with Crippen LogP contribution in [0.25, 0.3) is 0 Å². The summed E-state index contributed by atoms with van der Waals surface area (Å²) >= 11 is 1.50. The molecule has 9 nitrogen and oxygen atoms in total. The van der Waals surface area contributed by atoms with Gasteiger partial charge in [-0.1, -0.05) is 23.9 Å². The van der Waals surface area contributed by atoms with Crippen molar-refractivity contribution in [1.82, 2.24) is 15.4 Å². The summed E-state index contributed by atoms with van der Waals surface area (Å²) in [5, 5.41) is 14.9. The average Bonchev–Trinajstić information content (AvgIpc) is 3.17. The molecule has 0 aliphatic rings. The lowest BCUT2D eigenvalue weighted by Crippen LogP contribution is -2.17. The lowest BCUT2D eigenvalue weighted by atomic mass is 10.1. The molecule has 0 spiro atoms. The molecule has 1 amide bonds. The summed E-state index contributed by atoms with van der Waals surface area (Å²) in [5.41, 5.74) is 3.79. The van der Waals surface area contributed by atoms with Crippen LogP contribution in [0.2, 0.25) is 0 Å². The van der Waals surface area contributed by atoms with Crippen LogP contribution in [0.5, 0.6) is 0 Å². The normalized spacial score (nSPS) is 10.8. The molecule has 1 N–H and O–H groups in total. The summed E-state index contributed by atoms with van der Waals surface area (Å²) in [6.07, 6.45) is 4.56. The molecule has 3 aromatic rings. The van der Waals surface area contributed by atoms with Gasteiger partial charge in [0.15, 0.2) is 10.9 Å². The molecular weight excluding hydrogens is 370 g/mol. The highest BCUT2D eigenvalue weighted by Gasteiger charge is 2.10. The van der Waals surface area contributed by atoms with Crippen molar-refractivity contribution >= 4 is 29.8 Å². The summed E-state index contributed by atoms with van der Waals surface area (Å²) in [5.74, 6) is 0.0500. The number of carbonyl (C=O) groups is 1. The number of hydrogen-bond donors (Lipinski definition) is 1. The number of benzene rings is 1. The highest BCUT2D eigenvalue weighted by molar-refractivity contribution is 7.98. The van der Waals surface area contributed by atoms with Gasteiger partial charge in [0, 0.05) is 23.7 Å². The first-order valence-corrected chi connectivity index (χ1v) is 8.67. The zero-order chi connectivity index (χ0) is 19.1. The van der Waals surface area contributed by atoms with Crippen LogP contribution in [-0.4, -0.2) is 27.0 Å². The molecule has 0 aliphatic carbocycles. The van der Waals surface area contributed by atoms with E-state index in [2.05, 4.69) is 20.5 Å². The molecule has 2 heterocycles. The van der Waals surface area contributed by atoms with Crippen molar-refractivity contribution in [2.45, 2.75) is 10.9 Å². The second-order valence-electron chi connectivity index (χ2n) is 5.15. The van der Waals surface area contributed by atoms with Crippen LogP contribution in [0.4, 0.5) is 5.88 Å². The Kier molecular flexibility index (Phi) is 5.90. The van der Waals surface area contributed by atoms with E-state index in [4.69, 9.17) is 4.42 Å². The van der Waals surface area contributed by atoms with Crippen LogP contribution in [0.15, 0.2) is 69.5 Å². The Hall–Kier alpha value is -3.53. The maximum Gasteiger partial charge on any atom is 0.433 e. The van der Waals surface area contributed by atoms with Gasteiger partial charge in [0.25, 0.3) is 5.91 Å². The van der Waals surface area contributed by atoms with Crippen LogP contribution < -0.4 is 5.43 Å². The van der Waals surface area contributed by atoms with Gasteiger partial charge >= 0.3 is 5.88 Å². The predicted octanol–water partition coefficient (Wildman–Crippen LogP) is 3.03. The Balaban J connectivity index is 1.52. The maximum absolute atomic E-state index is 12.1. The molecule has 1 aromatic carbocycles. The predicted molar refractivity (Wildman–Crippen MR) is 98.5 cm³/mol. The molecule has 0 unspecified atom stereocenters. The number of nitrogens with zero attached hydrogens (tertiary/aromatic N) is 4. The van der Waals surface area contributed by atoms with Crippen molar-refractivity contribution in [3.05, 3.63) is 81.9 Å². The Morgan fingerprint density at radius 2 is 1.96 bits per heavy atom.